The molecule has 0 saturated carbocycles. The van der Waals surface area contributed by atoms with Crippen LogP contribution in [0.25, 0.3) is 83.1 Å². The van der Waals surface area contributed by atoms with E-state index >= 15 is 0 Å². The fraction of sp³-hybridized carbons (Fsp3) is 0. The van der Waals surface area contributed by atoms with Crippen LogP contribution in [0.1, 0.15) is 5.56 Å². The number of hydrogen-bond acceptors (Lipinski definition) is 4. The Bertz CT molecular complexity index is 2470. The van der Waals surface area contributed by atoms with E-state index in [1.165, 1.54) is 0 Å². The lowest BCUT2D eigenvalue weighted by atomic mass is 9.98. The predicted molar refractivity (Wildman–Crippen MR) is 171 cm³/mol. The van der Waals surface area contributed by atoms with E-state index in [4.69, 9.17) is 13.8 Å². The second-order valence-electron chi connectivity index (χ2n) is 10.7. The molecule has 3 aromatic heterocycles. The fourth-order valence-corrected chi connectivity index (χ4v) is 6.27. The summed E-state index contributed by atoms with van der Waals surface area (Å²) < 4.78 is 15.1. The van der Waals surface area contributed by atoms with E-state index < -0.39 is 0 Å². The maximum absolute atomic E-state index is 9.49. The number of imidazole rings is 1. The maximum Gasteiger partial charge on any atom is 0.147 e. The molecule has 6 aromatic carbocycles. The van der Waals surface area contributed by atoms with Gasteiger partial charge in [0.25, 0.3) is 0 Å². The molecular formula is C38H21N3O2. The van der Waals surface area contributed by atoms with Gasteiger partial charge in [0.1, 0.15) is 28.2 Å². The van der Waals surface area contributed by atoms with E-state index in [2.05, 4.69) is 65.2 Å². The third kappa shape index (κ3) is 3.47. The molecule has 9 rings (SSSR count). The summed E-state index contributed by atoms with van der Waals surface area (Å²) in [4.78, 5) is 4.96. The van der Waals surface area contributed by atoms with Crippen molar-refractivity contribution in [3.8, 4) is 34.3 Å². The van der Waals surface area contributed by atoms with Gasteiger partial charge in [0.2, 0.25) is 0 Å². The second-order valence-corrected chi connectivity index (χ2v) is 10.7. The van der Waals surface area contributed by atoms with E-state index in [1.807, 2.05) is 72.8 Å². The van der Waals surface area contributed by atoms with Gasteiger partial charge in [-0.05, 0) is 54.1 Å². The first-order valence-corrected chi connectivity index (χ1v) is 14.1. The van der Waals surface area contributed by atoms with Crippen LogP contribution in [0.5, 0.6) is 0 Å². The molecule has 5 nitrogen and oxygen atoms in total. The highest BCUT2D eigenvalue weighted by Crippen LogP contribution is 2.44. The molecule has 0 fully saturated rings. The molecule has 0 unspecified atom stereocenters. The molecule has 0 saturated heterocycles. The van der Waals surface area contributed by atoms with Crippen molar-refractivity contribution >= 4 is 54.9 Å². The van der Waals surface area contributed by atoms with Gasteiger partial charge in [-0.25, -0.2) is 4.98 Å². The van der Waals surface area contributed by atoms with Crippen molar-refractivity contribution in [2.45, 2.75) is 0 Å². The predicted octanol–water partition coefficient (Wildman–Crippen LogP) is 10.0. The smallest absolute Gasteiger partial charge is 0.147 e. The Hall–Kier alpha value is -6.12. The molecule has 0 radical (unpaired) electrons. The Morgan fingerprint density at radius 1 is 0.581 bits per heavy atom. The highest BCUT2D eigenvalue weighted by molar-refractivity contribution is 6.21. The summed E-state index contributed by atoms with van der Waals surface area (Å²) >= 11 is 0. The van der Waals surface area contributed by atoms with Gasteiger partial charge in [-0.15, -0.1) is 0 Å². The van der Waals surface area contributed by atoms with Crippen molar-refractivity contribution in [2.75, 3.05) is 0 Å². The van der Waals surface area contributed by atoms with Crippen LogP contribution >= 0.6 is 0 Å². The van der Waals surface area contributed by atoms with Crippen LogP contribution in [0.4, 0.5) is 0 Å². The van der Waals surface area contributed by atoms with E-state index in [0.717, 1.165) is 83.1 Å². The molecule has 200 valence electrons. The van der Waals surface area contributed by atoms with Gasteiger partial charge in [0, 0.05) is 32.8 Å². The summed E-state index contributed by atoms with van der Waals surface area (Å²) in [7, 11) is 0. The summed E-state index contributed by atoms with van der Waals surface area (Å²) in [5.74, 6) is 0.817. The minimum atomic E-state index is 0.584. The number of aromatic nitrogens is 2. The van der Waals surface area contributed by atoms with Gasteiger partial charge in [0.15, 0.2) is 0 Å². The number of nitrogens with zero attached hydrogens (tertiary/aromatic N) is 3. The first-order chi connectivity index (χ1) is 21.3. The topological polar surface area (TPSA) is 67.9 Å². The monoisotopic (exact) mass is 551 g/mol. The van der Waals surface area contributed by atoms with Crippen LogP contribution in [0.15, 0.2) is 136 Å². The van der Waals surface area contributed by atoms with Gasteiger partial charge < -0.3 is 8.83 Å². The van der Waals surface area contributed by atoms with Gasteiger partial charge >= 0.3 is 0 Å². The standard InChI is InChI=1S/C38H21N3O2/c39-22-23-14-19-32-31(20-23)40-38(25-8-2-1-3-9-25)41(32)26-17-15-24(16-18-26)35-36-29(27-10-4-6-12-33(27)42-36)21-30-28-11-5-7-13-34(28)43-37(30)35/h1-21H. The van der Waals surface area contributed by atoms with Crippen molar-refractivity contribution < 1.29 is 8.83 Å². The summed E-state index contributed by atoms with van der Waals surface area (Å²) in [5, 5.41) is 13.8. The molecule has 0 aliphatic heterocycles. The van der Waals surface area contributed by atoms with Crippen molar-refractivity contribution in [3.05, 3.63) is 133 Å². The van der Waals surface area contributed by atoms with Crippen molar-refractivity contribution in [1.82, 2.24) is 9.55 Å². The molecule has 0 N–H and O–H groups in total. The summed E-state index contributed by atoms with van der Waals surface area (Å²) in [5.41, 5.74) is 9.50. The highest BCUT2D eigenvalue weighted by atomic mass is 16.3. The number of rotatable bonds is 3. The zero-order chi connectivity index (χ0) is 28.5. The molecule has 0 spiro atoms. The quantitative estimate of drug-likeness (QED) is 0.219. The van der Waals surface area contributed by atoms with Crippen LogP contribution in [0.2, 0.25) is 0 Å². The number of nitriles is 1. The fourth-order valence-electron chi connectivity index (χ4n) is 6.27. The average Bonchev–Trinajstić information content (AvgIpc) is 3.75. The molecular weight excluding hydrogens is 530 g/mol. The molecule has 5 heteroatoms. The van der Waals surface area contributed by atoms with Crippen molar-refractivity contribution in [2.24, 2.45) is 0 Å². The van der Waals surface area contributed by atoms with Gasteiger partial charge in [-0.2, -0.15) is 5.26 Å². The van der Waals surface area contributed by atoms with Crippen LogP contribution in [-0.4, -0.2) is 9.55 Å². The Labute approximate surface area is 245 Å². The summed E-state index contributed by atoms with van der Waals surface area (Å²) in [6, 6.07) is 45.0. The first-order valence-electron chi connectivity index (χ1n) is 14.1. The summed E-state index contributed by atoms with van der Waals surface area (Å²) in [6.45, 7) is 0. The Morgan fingerprint density at radius 3 is 1.86 bits per heavy atom. The number of para-hydroxylation sites is 2. The van der Waals surface area contributed by atoms with Crippen molar-refractivity contribution in [1.29, 1.82) is 5.26 Å². The molecule has 0 atom stereocenters. The van der Waals surface area contributed by atoms with Gasteiger partial charge in [-0.3, -0.25) is 4.57 Å². The van der Waals surface area contributed by atoms with Gasteiger partial charge in [-0.1, -0.05) is 78.9 Å². The van der Waals surface area contributed by atoms with Crippen molar-refractivity contribution in [3.63, 3.8) is 0 Å². The van der Waals surface area contributed by atoms with Crippen LogP contribution in [-0.2, 0) is 0 Å². The van der Waals surface area contributed by atoms with E-state index in [9.17, 15) is 5.26 Å². The Balaban J connectivity index is 1.30. The zero-order valence-electron chi connectivity index (χ0n) is 22.8. The zero-order valence-corrected chi connectivity index (χ0v) is 22.8. The largest absolute Gasteiger partial charge is 0.455 e. The third-order valence-corrected chi connectivity index (χ3v) is 8.24. The second kappa shape index (κ2) is 8.94. The van der Waals surface area contributed by atoms with E-state index in [1.54, 1.807) is 0 Å². The third-order valence-electron chi connectivity index (χ3n) is 8.24. The maximum atomic E-state index is 9.49. The number of hydrogen-bond donors (Lipinski definition) is 0. The Morgan fingerprint density at radius 2 is 1.21 bits per heavy atom. The first kappa shape index (κ1) is 23.6. The Kier molecular flexibility index (Phi) is 4.90. The van der Waals surface area contributed by atoms with E-state index in [-0.39, 0.29) is 0 Å². The van der Waals surface area contributed by atoms with Crippen LogP contribution in [0, 0.1) is 11.3 Å². The lowest BCUT2D eigenvalue weighted by Gasteiger charge is -2.11. The lowest BCUT2D eigenvalue weighted by molar-refractivity contribution is 0.658. The summed E-state index contributed by atoms with van der Waals surface area (Å²) in [6.07, 6.45) is 0. The minimum absolute atomic E-state index is 0.584. The number of furan rings is 2. The number of fused-ring (bicyclic) bond motifs is 7. The molecule has 0 bridgehead atoms. The molecule has 0 aliphatic rings. The molecule has 0 amide bonds. The molecule has 0 aliphatic carbocycles. The SMILES string of the molecule is N#Cc1ccc2c(c1)nc(-c1ccccc1)n2-c1ccc(-c2c3oc4ccccc4c3cc3c2oc2ccccc23)cc1. The minimum Gasteiger partial charge on any atom is -0.455 e. The van der Waals surface area contributed by atoms with Gasteiger partial charge in [0.05, 0.1) is 28.2 Å². The normalized spacial score (nSPS) is 11.7. The van der Waals surface area contributed by atoms with Crippen LogP contribution < -0.4 is 0 Å². The lowest BCUT2D eigenvalue weighted by Crippen LogP contribution is -1.97. The molecule has 43 heavy (non-hydrogen) atoms. The number of benzene rings is 6. The highest BCUT2D eigenvalue weighted by Gasteiger charge is 2.21. The van der Waals surface area contributed by atoms with Crippen LogP contribution in [0.3, 0.4) is 0 Å². The average molecular weight is 552 g/mol. The van der Waals surface area contributed by atoms with E-state index in [0.29, 0.717) is 5.56 Å². The molecule has 9 aromatic rings. The molecule has 3 heterocycles.